The zero-order chi connectivity index (χ0) is 19.1. The van der Waals surface area contributed by atoms with Crippen LogP contribution in [-0.4, -0.2) is 57.2 Å². The molecule has 0 spiro atoms. The third-order valence-corrected chi connectivity index (χ3v) is 4.57. The Morgan fingerprint density at radius 2 is 1.65 bits per heavy atom. The summed E-state index contributed by atoms with van der Waals surface area (Å²) in [6.07, 6.45) is 2.95. The lowest BCUT2D eigenvalue weighted by molar-refractivity contribution is -0.132. The third kappa shape index (κ3) is 4.59. The third-order valence-electron chi connectivity index (χ3n) is 4.57. The fourth-order valence-electron chi connectivity index (χ4n) is 3.13. The van der Waals surface area contributed by atoms with Crippen molar-refractivity contribution >= 4 is 11.8 Å². The van der Waals surface area contributed by atoms with E-state index in [1.54, 1.807) is 12.1 Å². The summed E-state index contributed by atoms with van der Waals surface area (Å²) in [5.74, 6) is 1.34. The van der Waals surface area contributed by atoms with Crippen LogP contribution in [0.1, 0.15) is 43.0 Å². The first-order valence-electron chi connectivity index (χ1n) is 8.92. The average Bonchev–Trinajstić information content (AvgIpc) is 2.67. The smallest absolute Gasteiger partial charge is 0.251 e. The molecular formula is C19H28N2O5. The molecule has 2 amide bonds. The molecule has 1 aromatic carbocycles. The van der Waals surface area contributed by atoms with Crippen LogP contribution in [0.3, 0.4) is 0 Å². The second kappa shape index (κ2) is 9.31. The van der Waals surface area contributed by atoms with E-state index in [1.807, 2.05) is 11.8 Å². The van der Waals surface area contributed by atoms with Gasteiger partial charge in [-0.1, -0.05) is 6.92 Å². The van der Waals surface area contributed by atoms with Gasteiger partial charge in [-0.25, -0.2) is 0 Å². The highest BCUT2D eigenvalue weighted by Gasteiger charge is 2.24. The molecule has 1 heterocycles. The number of methoxy groups -OCH3 is 3. The maximum atomic E-state index is 12.6. The number of amides is 2. The van der Waals surface area contributed by atoms with Crippen molar-refractivity contribution in [3.05, 3.63) is 17.7 Å². The fourth-order valence-corrected chi connectivity index (χ4v) is 3.13. The standard InChI is InChI=1S/C19H28N2O5/c1-5-6-17(22)21-9-7-14(8-10-21)20-19(23)13-11-15(24-2)18(26-4)16(12-13)25-3/h11-12,14H,5-10H2,1-4H3,(H,20,23). The summed E-state index contributed by atoms with van der Waals surface area (Å²) in [6, 6.07) is 3.32. The van der Waals surface area contributed by atoms with Gasteiger partial charge in [0.2, 0.25) is 11.7 Å². The van der Waals surface area contributed by atoms with Gasteiger partial charge in [0.15, 0.2) is 11.5 Å². The van der Waals surface area contributed by atoms with Crippen LogP contribution in [0.15, 0.2) is 12.1 Å². The maximum Gasteiger partial charge on any atom is 0.251 e. The number of rotatable bonds is 7. The highest BCUT2D eigenvalue weighted by Crippen LogP contribution is 2.38. The van der Waals surface area contributed by atoms with Gasteiger partial charge in [-0.2, -0.15) is 0 Å². The van der Waals surface area contributed by atoms with Crippen molar-refractivity contribution < 1.29 is 23.8 Å². The molecule has 0 saturated carbocycles. The summed E-state index contributed by atoms with van der Waals surface area (Å²) >= 11 is 0. The number of hydrogen-bond donors (Lipinski definition) is 1. The number of piperidine rings is 1. The number of likely N-dealkylation sites (tertiary alicyclic amines) is 1. The van der Waals surface area contributed by atoms with E-state index in [-0.39, 0.29) is 17.9 Å². The molecule has 1 aliphatic rings. The number of carbonyl (C=O) groups excluding carboxylic acids is 2. The van der Waals surface area contributed by atoms with Gasteiger partial charge in [0.05, 0.1) is 21.3 Å². The fraction of sp³-hybridized carbons (Fsp3) is 0.579. The van der Waals surface area contributed by atoms with E-state index in [9.17, 15) is 9.59 Å². The van der Waals surface area contributed by atoms with Gasteiger partial charge in [0.1, 0.15) is 0 Å². The molecule has 26 heavy (non-hydrogen) atoms. The van der Waals surface area contributed by atoms with Crippen molar-refractivity contribution in [3.63, 3.8) is 0 Å². The van der Waals surface area contributed by atoms with Gasteiger partial charge < -0.3 is 24.4 Å². The number of ether oxygens (including phenoxy) is 3. The topological polar surface area (TPSA) is 77.1 Å². The van der Waals surface area contributed by atoms with Crippen molar-refractivity contribution in [3.8, 4) is 17.2 Å². The minimum absolute atomic E-state index is 0.0484. The van der Waals surface area contributed by atoms with E-state index >= 15 is 0 Å². The van der Waals surface area contributed by atoms with Crippen LogP contribution in [0.25, 0.3) is 0 Å². The summed E-state index contributed by atoms with van der Waals surface area (Å²) in [5, 5.41) is 3.04. The summed E-state index contributed by atoms with van der Waals surface area (Å²) in [5.41, 5.74) is 0.448. The van der Waals surface area contributed by atoms with E-state index in [0.29, 0.717) is 42.3 Å². The number of benzene rings is 1. The Morgan fingerprint density at radius 3 is 2.12 bits per heavy atom. The summed E-state index contributed by atoms with van der Waals surface area (Å²) < 4.78 is 15.9. The van der Waals surface area contributed by atoms with Gasteiger partial charge in [-0.3, -0.25) is 9.59 Å². The van der Waals surface area contributed by atoms with Gasteiger partial charge in [0.25, 0.3) is 5.91 Å². The van der Waals surface area contributed by atoms with Crippen LogP contribution in [-0.2, 0) is 4.79 Å². The number of nitrogens with zero attached hydrogens (tertiary/aromatic N) is 1. The van der Waals surface area contributed by atoms with Gasteiger partial charge in [-0.15, -0.1) is 0 Å². The Hall–Kier alpha value is -2.44. The molecule has 2 rings (SSSR count). The minimum Gasteiger partial charge on any atom is -0.493 e. The molecule has 1 fully saturated rings. The van der Waals surface area contributed by atoms with Crippen LogP contribution in [0.5, 0.6) is 17.2 Å². The van der Waals surface area contributed by atoms with Crippen molar-refractivity contribution in [2.24, 2.45) is 0 Å². The van der Waals surface area contributed by atoms with Crippen LogP contribution < -0.4 is 19.5 Å². The zero-order valence-electron chi connectivity index (χ0n) is 16.0. The molecule has 0 atom stereocenters. The predicted molar refractivity (Wildman–Crippen MR) is 98.1 cm³/mol. The van der Waals surface area contributed by atoms with E-state index in [1.165, 1.54) is 21.3 Å². The first-order chi connectivity index (χ1) is 12.5. The molecule has 7 nitrogen and oxygen atoms in total. The quantitative estimate of drug-likeness (QED) is 0.803. The molecule has 0 aromatic heterocycles. The molecule has 1 saturated heterocycles. The first-order valence-corrected chi connectivity index (χ1v) is 8.92. The zero-order valence-corrected chi connectivity index (χ0v) is 16.0. The van der Waals surface area contributed by atoms with Crippen LogP contribution >= 0.6 is 0 Å². The van der Waals surface area contributed by atoms with Crippen molar-refractivity contribution in [1.82, 2.24) is 10.2 Å². The lowest BCUT2D eigenvalue weighted by Crippen LogP contribution is -2.46. The molecule has 0 radical (unpaired) electrons. The van der Waals surface area contributed by atoms with E-state index in [2.05, 4.69) is 5.32 Å². The molecule has 0 aliphatic carbocycles. The minimum atomic E-state index is -0.192. The molecular weight excluding hydrogens is 336 g/mol. The number of hydrogen-bond acceptors (Lipinski definition) is 5. The lowest BCUT2D eigenvalue weighted by Gasteiger charge is -2.32. The highest BCUT2D eigenvalue weighted by molar-refractivity contribution is 5.95. The van der Waals surface area contributed by atoms with Gasteiger partial charge in [-0.05, 0) is 31.4 Å². The van der Waals surface area contributed by atoms with Crippen molar-refractivity contribution in [2.75, 3.05) is 34.4 Å². The second-order valence-electron chi connectivity index (χ2n) is 6.29. The first kappa shape index (κ1) is 19.9. The Labute approximate surface area is 154 Å². The molecule has 1 N–H and O–H groups in total. The van der Waals surface area contributed by atoms with Crippen molar-refractivity contribution in [1.29, 1.82) is 0 Å². The largest absolute Gasteiger partial charge is 0.493 e. The summed E-state index contributed by atoms with van der Waals surface area (Å²) in [4.78, 5) is 26.5. The Bertz CT molecular complexity index is 614. The Kier molecular flexibility index (Phi) is 7.12. The highest BCUT2D eigenvalue weighted by atomic mass is 16.5. The average molecular weight is 364 g/mol. The van der Waals surface area contributed by atoms with Crippen LogP contribution in [0, 0.1) is 0 Å². The van der Waals surface area contributed by atoms with Gasteiger partial charge in [0, 0.05) is 31.1 Å². The molecule has 1 aromatic rings. The van der Waals surface area contributed by atoms with Crippen molar-refractivity contribution in [2.45, 2.75) is 38.6 Å². The predicted octanol–water partition coefficient (Wildman–Crippen LogP) is 2.23. The lowest BCUT2D eigenvalue weighted by atomic mass is 10.0. The summed E-state index contributed by atoms with van der Waals surface area (Å²) in [7, 11) is 4.55. The van der Waals surface area contributed by atoms with E-state index in [4.69, 9.17) is 14.2 Å². The molecule has 1 aliphatic heterocycles. The normalized spacial score (nSPS) is 14.7. The Balaban J connectivity index is 2.01. The molecule has 7 heteroatoms. The maximum absolute atomic E-state index is 12.6. The Morgan fingerprint density at radius 1 is 1.08 bits per heavy atom. The molecule has 0 unspecified atom stereocenters. The SMILES string of the molecule is CCCC(=O)N1CCC(NC(=O)c2cc(OC)c(OC)c(OC)c2)CC1. The number of carbonyl (C=O) groups is 2. The van der Waals surface area contributed by atoms with E-state index < -0.39 is 0 Å². The molecule has 144 valence electrons. The van der Waals surface area contributed by atoms with E-state index in [0.717, 1.165) is 19.3 Å². The number of nitrogens with one attached hydrogen (secondary N) is 1. The van der Waals surface area contributed by atoms with Crippen LogP contribution in [0.2, 0.25) is 0 Å². The monoisotopic (exact) mass is 364 g/mol. The van der Waals surface area contributed by atoms with Crippen LogP contribution in [0.4, 0.5) is 0 Å². The molecule has 0 bridgehead atoms. The summed E-state index contributed by atoms with van der Waals surface area (Å²) in [6.45, 7) is 3.36. The second-order valence-corrected chi connectivity index (χ2v) is 6.29. The van der Waals surface area contributed by atoms with Gasteiger partial charge >= 0.3 is 0 Å².